The number of fused-ring (bicyclic) bond motifs is 1. The number of ether oxygens (including phenoxy) is 3. The van der Waals surface area contributed by atoms with Gasteiger partial charge in [-0.25, -0.2) is 0 Å². The predicted molar refractivity (Wildman–Crippen MR) is 103 cm³/mol. The Balaban J connectivity index is 1.54. The lowest BCUT2D eigenvalue weighted by molar-refractivity contribution is -0.100. The van der Waals surface area contributed by atoms with Crippen LogP contribution in [0, 0.1) is 0 Å². The molecule has 2 saturated heterocycles. The first-order valence-electron chi connectivity index (χ1n) is 10.1. The minimum atomic E-state index is -0.395. The molecule has 156 valence electrons. The van der Waals surface area contributed by atoms with Crippen LogP contribution < -0.4 is 0 Å². The van der Waals surface area contributed by atoms with E-state index in [9.17, 15) is 14.4 Å². The zero-order chi connectivity index (χ0) is 20.4. The summed E-state index contributed by atoms with van der Waals surface area (Å²) >= 11 is 0. The Morgan fingerprint density at radius 1 is 1.14 bits per heavy atom. The fourth-order valence-electron chi connectivity index (χ4n) is 4.25. The highest BCUT2D eigenvalue weighted by Crippen LogP contribution is 2.28. The van der Waals surface area contributed by atoms with Crippen molar-refractivity contribution in [2.75, 3.05) is 40.0 Å². The average Bonchev–Trinajstić information content (AvgIpc) is 3.36. The highest BCUT2D eigenvalue weighted by Gasteiger charge is 2.39. The van der Waals surface area contributed by atoms with E-state index in [1.165, 1.54) is 4.90 Å². The number of hydrogen-bond donors (Lipinski definition) is 0. The molecule has 4 rings (SSSR count). The molecule has 8 nitrogen and oxygen atoms in total. The molecule has 1 unspecified atom stereocenters. The van der Waals surface area contributed by atoms with Gasteiger partial charge in [-0.15, -0.1) is 0 Å². The van der Waals surface area contributed by atoms with Gasteiger partial charge in [-0.2, -0.15) is 0 Å². The highest BCUT2D eigenvalue weighted by atomic mass is 16.7. The summed E-state index contributed by atoms with van der Waals surface area (Å²) < 4.78 is 16.3. The standard InChI is InChI=1S/C21H26N2O6/c1-27-10-4-9-23-19(25)15-7-6-14(13-16(15)20(23)26)18(24)22-8-3-2-5-17(22)21-28-11-12-29-21/h6-7,13,17,21H,2-5,8-12H2,1H3. The maximum Gasteiger partial charge on any atom is 0.261 e. The lowest BCUT2D eigenvalue weighted by Gasteiger charge is -2.38. The first-order valence-corrected chi connectivity index (χ1v) is 10.1. The topological polar surface area (TPSA) is 85.4 Å². The number of carbonyl (C=O) groups excluding carboxylic acids is 3. The van der Waals surface area contributed by atoms with E-state index in [1.54, 1.807) is 30.2 Å². The average molecular weight is 402 g/mol. The molecule has 3 amide bonds. The van der Waals surface area contributed by atoms with Gasteiger partial charge >= 0.3 is 0 Å². The molecule has 3 aliphatic heterocycles. The van der Waals surface area contributed by atoms with Crippen molar-refractivity contribution in [1.29, 1.82) is 0 Å². The zero-order valence-corrected chi connectivity index (χ0v) is 16.6. The van der Waals surface area contributed by atoms with Crippen molar-refractivity contribution in [2.24, 2.45) is 0 Å². The lowest BCUT2D eigenvalue weighted by Crippen LogP contribution is -2.50. The molecule has 0 radical (unpaired) electrons. The first kappa shape index (κ1) is 20.0. The number of rotatable bonds is 6. The highest BCUT2D eigenvalue weighted by molar-refractivity contribution is 6.22. The quantitative estimate of drug-likeness (QED) is 0.532. The third-order valence-electron chi connectivity index (χ3n) is 5.72. The number of imide groups is 1. The van der Waals surface area contributed by atoms with Gasteiger partial charge in [-0.05, 0) is 43.9 Å². The van der Waals surface area contributed by atoms with Crippen LogP contribution in [0.2, 0.25) is 0 Å². The Kier molecular flexibility index (Phi) is 5.94. The van der Waals surface area contributed by atoms with E-state index in [2.05, 4.69) is 0 Å². The first-order chi connectivity index (χ1) is 14.1. The van der Waals surface area contributed by atoms with E-state index in [0.29, 0.717) is 56.0 Å². The Bertz CT molecular complexity index is 804. The fourth-order valence-corrected chi connectivity index (χ4v) is 4.25. The van der Waals surface area contributed by atoms with Crippen molar-refractivity contribution in [3.05, 3.63) is 34.9 Å². The van der Waals surface area contributed by atoms with Crippen molar-refractivity contribution in [3.63, 3.8) is 0 Å². The van der Waals surface area contributed by atoms with Crippen molar-refractivity contribution in [3.8, 4) is 0 Å². The molecule has 1 aromatic carbocycles. The molecule has 0 N–H and O–H groups in total. The maximum atomic E-state index is 13.2. The molecule has 3 heterocycles. The number of methoxy groups -OCH3 is 1. The van der Waals surface area contributed by atoms with Crippen LogP contribution in [0.4, 0.5) is 0 Å². The number of benzene rings is 1. The molecule has 2 fully saturated rings. The van der Waals surface area contributed by atoms with Gasteiger partial charge in [-0.1, -0.05) is 0 Å². The molecule has 0 bridgehead atoms. The van der Waals surface area contributed by atoms with Crippen LogP contribution in [0.5, 0.6) is 0 Å². The number of piperidine rings is 1. The molecule has 8 heteroatoms. The van der Waals surface area contributed by atoms with Crippen molar-refractivity contribution in [2.45, 2.75) is 38.0 Å². The van der Waals surface area contributed by atoms with Crippen LogP contribution in [0.1, 0.15) is 56.8 Å². The van der Waals surface area contributed by atoms with E-state index < -0.39 is 6.29 Å². The monoisotopic (exact) mass is 402 g/mol. The molecule has 1 atom stereocenters. The van der Waals surface area contributed by atoms with Crippen LogP contribution in [0.15, 0.2) is 18.2 Å². The molecule has 0 aromatic heterocycles. The molecule has 29 heavy (non-hydrogen) atoms. The van der Waals surface area contributed by atoms with Gasteiger partial charge in [0.2, 0.25) is 0 Å². The normalized spacial score (nSPS) is 22.4. The summed E-state index contributed by atoms with van der Waals surface area (Å²) in [6, 6.07) is 4.64. The lowest BCUT2D eigenvalue weighted by atomic mass is 9.99. The summed E-state index contributed by atoms with van der Waals surface area (Å²) in [4.78, 5) is 41.5. The van der Waals surface area contributed by atoms with Crippen molar-refractivity contribution in [1.82, 2.24) is 9.80 Å². The van der Waals surface area contributed by atoms with E-state index in [4.69, 9.17) is 14.2 Å². The fraction of sp³-hybridized carbons (Fsp3) is 0.571. The summed E-state index contributed by atoms with van der Waals surface area (Å²) in [6.45, 7) is 2.47. The Hall–Kier alpha value is -2.29. The van der Waals surface area contributed by atoms with E-state index >= 15 is 0 Å². The third-order valence-corrected chi connectivity index (χ3v) is 5.72. The van der Waals surface area contributed by atoms with Crippen LogP contribution in [-0.4, -0.2) is 79.9 Å². The summed E-state index contributed by atoms with van der Waals surface area (Å²) in [5.41, 5.74) is 1.05. The molecule has 0 aliphatic carbocycles. The summed E-state index contributed by atoms with van der Waals surface area (Å²) in [6.07, 6.45) is 2.94. The number of hydrogen-bond acceptors (Lipinski definition) is 6. The van der Waals surface area contributed by atoms with Gasteiger partial charge in [0.25, 0.3) is 17.7 Å². The number of carbonyl (C=O) groups is 3. The largest absolute Gasteiger partial charge is 0.385 e. The summed E-state index contributed by atoms with van der Waals surface area (Å²) in [7, 11) is 1.58. The molecule has 0 spiro atoms. The van der Waals surface area contributed by atoms with Gasteiger partial charge in [-0.3, -0.25) is 19.3 Å². The molecular weight excluding hydrogens is 376 g/mol. The van der Waals surface area contributed by atoms with E-state index in [0.717, 1.165) is 19.3 Å². The molecular formula is C21H26N2O6. The predicted octanol–water partition coefficient (Wildman–Crippen LogP) is 1.69. The second-order valence-electron chi connectivity index (χ2n) is 7.54. The van der Waals surface area contributed by atoms with Crippen LogP contribution in [0.3, 0.4) is 0 Å². The van der Waals surface area contributed by atoms with Crippen molar-refractivity contribution < 1.29 is 28.6 Å². The molecule has 0 saturated carbocycles. The number of amides is 3. The number of likely N-dealkylation sites (tertiary alicyclic amines) is 1. The van der Waals surface area contributed by atoms with Crippen molar-refractivity contribution >= 4 is 17.7 Å². The van der Waals surface area contributed by atoms with Gasteiger partial charge in [0, 0.05) is 32.4 Å². The van der Waals surface area contributed by atoms with E-state index in [-0.39, 0.29) is 23.8 Å². The summed E-state index contributed by atoms with van der Waals surface area (Å²) in [5, 5.41) is 0. The zero-order valence-electron chi connectivity index (χ0n) is 16.6. The second-order valence-corrected chi connectivity index (χ2v) is 7.54. The summed E-state index contributed by atoms with van der Waals surface area (Å²) in [5.74, 6) is -0.827. The van der Waals surface area contributed by atoms with Gasteiger partial charge in [0.05, 0.1) is 30.4 Å². The Morgan fingerprint density at radius 2 is 1.90 bits per heavy atom. The van der Waals surface area contributed by atoms with Gasteiger partial charge < -0.3 is 19.1 Å². The van der Waals surface area contributed by atoms with Gasteiger partial charge in [0.1, 0.15) is 0 Å². The van der Waals surface area contributed by atoms with Crippen LogP contribution >= 0.6 is 0 Å². The van der Waals surface area contributed by atoms with Crippen LogP contribution in [0.25, 0.3) is 0 Å². The maximum absolute atomic E-state index is 13.2. The smallest absolute Gasteiger partial charge is 0.261 e. The Morgan fingerprint density at radius 3 is 2.66 bits per heavy atom. The van der Waals surface area contributed by atoms with E-state index in [1.807, 2.05) is 0 Å². The molecule has 3 aliphatic rings. The minimum Gasteiger partial charge on any atom is -0.385 e. The Labute approximate surface area is 169 Å². The molecule has 1 aromatic rings. The minimum absolute atomic E-state index is 0.130. The third kappa shape index (κ3) is 3.80. The van der Waals surface area contributed by atoms with Gasteiger partial charge in [0.15, 0.2) is 6.29 Å². The number of nitrogens with zero attached hydrogens (tertiary/aromatic N) is 2. The van der Waals surface area contributed by atoms with Crippen LogP contribution in [-0.2, 0) is 14.2 Å². The second kappa shape index (κ2) is 8.61. The SMILES string of the molecule is COCCCN1C(=O)c2ccc(C(=O)N3CCCCC3C3OCCO3)cc2C1=O.